The Hall–Kier alpha value is 2.45. The van der Waals surface area contributed by atoms with Crippen LogP contribution in [0.4, 0.5) is 0 Å². The molecule has 104 valence electrons. The fraction of sp³-hybridized carbons (Fsp3) is 1.00. The lowest BCUT2D eigenvalue weighted by molar-refractivity contribution is 1.08. The number of thiol groups is 4. The first-order valence-electron chi connectivity index (χ1n) is 5.54. The molecule has 7 heteroatoms. The molecule has 0 saturated heterocycles. The third kappa shape index (κ3) is 10.9. The van der Waals surface area contributed by atoms with Crippen LogP contribution in [0.2, 0.25) is 0 Å². The van der Waals surface area contributed by atoms with Crippen LogP contribution in [0.3, 0.4) is 0 Å². The van der Waals surface area contributed by atoms with E-state index in [1.807, 2.05) is 35.3 Å². The molecule has 0 spiro atoms. The van der Waals surface area contributed by atoms with Crippen molar-refractivity contribution in [3.05, 3.63) is 0 Å². The van der Waals surface area contributed by atoms with Crippen LogP contribution in [0.1, 0.15) is 6.92 Å². The Balaban J connectivity index is 3.90. The molecule has 0 rings (SSSR count). The molecule has 2 unspecified atom stereocenters. The number of hydrogen-bond acceptors (Lipinski definition) is 7. The summed E-state index contributed by atoms with van der Waals surface area (Å²) < 4.78 is 0.162. The van der Waals surface area contributed by atoms with Crippen LogP contribution in [-0.2, 0) is 0 Å². The molecule has 0 aliphatic rings. The first-order valence-corrected chi connectivity index (χ1v) is 11.1. The largest absolute Gasteiger partial charge is 0.179 e. The molecule has 0 amide bonds. The summed E-state index contributed by atoms with van der Waals surface area (Å²) in [6.45, 7) is 2.19. The molecule has 0 radical (unpaired) electrons. The SMILES string of the molecule is CCSCC(SCC(CS)SCCS)C(S)S. The summed E-state index contributed by atoms with van der Waals surface area (Å²) in [6.07, 6.45) is 0. The third-order valence-corrected chi connectivity index (χ3v) is 8.43. The fourth-order valence-electron chi connectivity index (χ4n) is 1.06. The lowest BCUT2D eigenvalue weighted by Gasteiger charge is -2.21. The summed E-state index contributed by atoms with van der Waals surface area (Å²) in [4.78, 5) is 0. The van der Waals surface area contributed by atoms with E-state index in [-0.39, 0.29) is 4.58 Å². The predicted octanol–water partition coefficient (Wildman–Crippen LogP) is 3.99. The normalized spacial score (nSPS) is 15.2. The third-order valence-electron chi connectivity index (χ3n) is 1.96. The summed E-state index contributed by atoms with van der Waals surface area (Å²) in [5, 5.41) is 1.13. The lowest BCUT2D eigenvalue weighted by atomic mass is 10.5. The zero-order valence-electron chi connectivity index (χ0n) is 9.99. The van der Waals surface area contributed by atoms with Crippen molar-refractivity contribution in [1.82, 2.24) is 0 Å². The maximum atomic E-state index is 4.46. The highest BCUT2D eigenvalue weighted by Gasteiger charge is 2.17. The quantitative estimate of drug-likeness (QED) is 0.323. The summed E-state index contributed by atoms with van der Waals surface area (Å²) in [5.41, 5.74) is 0. The Labute approximate surface area is 141 Å². The van der Waals surface area contributed by atoms with Crippen molar-refractivity contribution in [2.75, 3.05) is 34.5 Å². The van der Waals surface area contributed by atoms with Crippen LogP contribution in [0, 0.1) is 0 Å². The van der Waals surface area contributed by atoms with Gasteiger partial charge < -0.3 is 0 Å². The van der Waals surface area contributed by atoms with Crippen LogP contribution in [0.25, 0.3) is 0 Å². The van der Waals surface area contributed by atoms with Gasteiger partial charge >= 0.3 is 0 Å². The molecule has 0 aliphatic heterocycles. The van der Waals surface area contributed by atoms with Crippen LogP contribution >= 0.6 is 85.8 Å². The molecule has 0 N–H and O–H groups in total. The monoisotopic (exact) mass is 366 g/mol. The molecule has 0 heterocycles. The van der Waals surface area contributed by atoms with Gasteiger partial charge in [0.25, 0.3) is 0 Å². The van der Waals surface area contributed by atoms with Crippen molar-refractivity contribution >= 4 is 85.8 Å². The zero-order chi connectivity index (χ0) is 13.1. The maximum absolute atomic E-state index is 4.46. The van der Waals surface area contributed by atoms with Gasteiger partial charge in [-0.15, -0.1) is 0 Å². The van der Waals surface area contributed by atoms with Crippen molar-refractivity contribution in [3.8, 4) is 0 Å². The van der Waals surface area contributed by atoms with E-state index >= 15 is 0 Å². The Kier molecular flexibility index (Phi) is 15.4. The van der Waals surface area contributed by atoms with Gasteiger partial charge in [0, 0.05) is 33.5 Å². The highest BCUT2D eigenvalue weighted by molar-refractivity contribution is 8.07. The Morgan fingerprint density at radius 3 is 2.24 bits per heavy atom. The van der Waals surface area contributed by atoms with Crippen molar-refractivity contribution in [1.29, 1.82) is 0 Å². The molecule has 0 bridgehead atoms. The van der Waals surface area contributed by atoms with Crippen LogP contribution in [0.15, 0.2) is 0 Å². The number of rotatable bonds is 11. The van der Waals surface area contributed by atoms with Gasteiger partial charge in [0.05, 0.1) is 4.58 Å². The number of thioether (sulfide) groups is 3. The van der Waals surface area contributed by atoms with Gasteiger partial charge in [-0.25, -0.2) is 0 Å². The van der Waals surface area contributed by atoms with Crippen molar-refractivity contribution in [2.24, 2.45) is 0 Å². The van der Waals surface area contributed by atoms with Crippen LogP contribution in [0.5, 0.6) is 0 Å². The predicted molar refractivity (Wildman–Crippen MR) is 105 cm³/mol. The van der Waals surface area contributed by atoms with Crippen molar-refractivity contribution < 1.29 is 0 Å². The van der Waals surface area contributed by atoms with E-state index in [2.05, 4.69) is 57.4 Å². The Morgan fingerprint density at radius 2 is 1.76 bits per heavy atom. The highest BCUT2D eigenvalue weighted by Crippen LogP contribution is 2.28. The second kappa shape index (κ2) is 13.4. The molecule has 0 aromatic heterocycles. The first-order chi connectivity index (χ1) is 8.15. The van der Waals surface area contributed by atoms with E-state index < -0.39 is 0 Å². The van der Waals surface area contributed by atoms with Crippen molar-refractivity contribution in [3.63, 3.8) is 0 Å². The van der Waals surface area contributed by atoms with E-state index in [0.717, 1.165) is 34.5 Å². The molecule has 0 nitrogen and oxygen atoms in total. The van der Waals surface area contributed by atoms with E-state index in [4.69, 9.17) is 0 Å². The van der Waals surface area contributed by atoms with Crippen LogP contribution < -0.4 is 0 Å². The molecule has 0 saturated carbocycles. The average molecular weight is 367 g/mol. The summed E-state index contributed by atoms with van der Waals surface area (Å²) in [5.74, 6) is 6.41. The average Bonchev–Trinajstić information content (AvgIpc) is 2.32. The number of hydrogen-bond donors (Lipinski definition) is 4. The summed E-state index contributed by atoms with van der Waals surface area (Å²) in [6, 6.07) is 0. The van der Waals surface area contributed by atoms with E-state index in [9.17, 15) is 0 Å². The molecule has 2 atom stereocenters. The fourth-order valence-corrected chi connectivity index (χ4v) is 6.26. The second-order valence-corrected chi connectivity index (χ2v) is 9.68. The molecule has 0 aromatic rings. The molecule has 17 heavy (non-hydrogen) atoms. The van der Waals surface area contributed by atoms with E-state index in [1.165, 1.54) is 0 Å². The minimum Gasteiger partial charge on any atom is -0.179 e. The maximum Gasteiger partial charge on any atom is 0.0568 e. The first kappa shape index (κ1) is 19.4. The minimum atomic E-state index is 0.162. The smallest absolute Gasteiger partial charge is 0.0568 e. The van der Waals surface area contributed by atoms with E-state index in [0.29, 0.717) is 10.5 Å². The van der Waals surface area contributed by atoms with Gasteiger partial charge in [-0.2, -0.15) is 85.8 Å². The Bertz CT molecular complexity index is 165. The van der Waals surface area contributed by atoms with Gasteiger partial charge in [0.1, 0.15) is 0 Å². The standard InChI is InChI=1S/C10H22S7/c1-2-15-7-9(10(13)14)17-6-8(5-12)16-4-3-11/h8-14H,2-7H2,1H3. The molecular formula is C10H22S7. The summed E-state index contributed by atoms with van der Waals surface area (Å²) in [7, 11) is 0. The molecule has 0 aromatic carbocycles. The van der Waals surface area contributed by atoms with Gasteiger partial charge in [0.15, 0.2) is 0 Å². The van der Waals surface area contributed by atoms with Gasteiger partial charge in [-0.05, 0) is 11.5 Å². The molecular weight excluding hydrogens is 345 g/mol. The molecule has 0 aliphatic carbocycles. The summed E-state index contributed by atoms with van der Waals surface area (Å²) >= 11 is 23.5. The lowest BCUT2D eigenvalue weighted by Crippen LogP contribution is -2.20. The van der Waals surface area contributed by atoms with Gasteiger partial charge in [0.2, 0.25) is 0 Å². The van der Waals surface area contributed by atoms with Gasteiger partial charge in [-0.1, -0.05) is 6.92 Å². The molecule has 0 fully saturated rings. The van der Waals surface area contributed by atoms with Crippen molar-refractivity contribution in [2.45, 2.75) is 22.0 Å². The minimum absolute atomic E-state index is 0.162. The topological polar surface area (TPSA) is 0 Å². The Morgan fingerprint density at radius 1 is 1.06 bits per heavy atom. The van der Waals surface area contributed by atoms with Crippen LogP contribution in [-0.4, -0.2) is 49.6 Å². The highest BCUT2D eigenvalue weighted by atomic mass is 32.2. The van der Waals surface area contributed by atoms with Gasteiger partial charge in [-0.3, -0.25) is 0 Å². The zero-order valence-corrected chi connectivity index (χ0v) is 16.0. The van der Waals surface area contributed by atoms with E-state index in [1.54, 1.807) is 0 Å². The second-order valence-electron chi connectivity index (χ2n) is 3.34.